The van der Waals surface area contributed by atoms with Crippen molar-refractivity contribution in [1.29, 1.82) is 0 Å². The third-order valence-corrected chi connectivity index (χ3v) is 7.72. The molecule has 0 saturated heterocycles. The number of hydrogen-bond acceptors (Lipinski definition) is 1. The van der Waals surface area contributed by atoms with Gasteiger partial charge in [0.25, 0.3) is 0 Å². The summed E-state index contributed by atoms with van der Waals surface area (Å²) in [4.78, 5) is 0. The van der Waals surface area contributed by atoms with Crippen molar-refractivity contribution in [3.63, 3.8) is 0 Å². The molecule has 2 nitrogen and oxygen atoms in total. The molecular formula is C36H24N2. The Bertz CT molecular complexity index is 2080. The van der Waals surface area contributed by atoms with Gasteiger partial charge in [0, 0.05) is 10.8 Å². The van der Waals surface area contributed by atoms with Gasteiger partial charge in [0.2, 0.25) is 0 Å². The van der Waals surface area contributed by atoms with E-state index in [1.165, 1.54) is 54.1 Å². The molecule has 8 aromatic rings. The fraction of sp³-hybridized carbons (Fsp3) is 0. The monoisotopic (exact) mass is 484 g/mol. The van der Waals surface area contributed by atoms with Crippen molar-refractivity contribution < 1.29 is 0 Å². The molecule has 0 spiro atoms. The smallest absolute Gasteiger partial charge is 0.0723 e. The van der Waals surface area contributed by atoms with Crippen LogP contribution in [-0.4, -0.2) is 4.68 Å². The van der Waals surface area contributed by atoms with Gasteiger partial charge in [-0.15, -0.1) is 0 Å². The topological polar surface area (TPSA) is 8.17 Å². The molecule has 0 atom stereocenters. The summed E-state index contributed by atoms with van der Waals surface area (Å²) in [5.41, 5.74) is 4.60. The minimum atomic E-state index is 1.12. The van der Waals surface area contributed by atoms with Crippen molar-refractivity contribution in [3.8, 4) is 0 Å². The summed E-state index contributed by atoms with van der Waals surface area (Å²) in [5, 5.41) is 12.6. The van der Waals surface area contributed by atoms with Gasteiger partial charge in [0.05, 0.1) is 22.4 Å². The minimum Gasteiger partial charge on any atom is -0.249 e. The summed E-state index contributed by atoms with van der Waals surface area (Å²) < 4.78 is 2.38. The van der Waals surface area contributed by atoms with Crippen LogP contribution in [0, 0.1) is 0 Å². The number of benzene rings is 7. The van der Waals surface area contributed by atoms with Crippen LogP contribution in [0.25, 0.3) is 54.1 Å². The van der Waals surface area contributed by atoms with Crippen molar-refractivity contribution in [1.82, 2.24) is 4.68 Å². The van der Waals surface area contributed by atoms with Gasteiger partial charge in [-0.1, -0.05) is 109 Å². The quantitative estimate of drug-likeness (QED) is 0.227. The van der Waals surface area contributed by atoms with E-state index in [0.717, 1.165) is 11.4 Å². The second-order valence-electron chi connectivity index (χ2n) is 9.82. The second kappa shape index (κ2) is 8.22. The van der Waals surface area contributed by atoms with E-state index in [4.69, 9.17) is 0 Å². The standard InChI is InChI=1S/C36H24N2/c1-3-12-27(13-4-1)37(28-14-5-2-6-15-28)38-33-18-10-9-17-32(33)36-34(38)24-21-26-20-22-30-29-16-8-7-11-25(29)19-23-31(30)35(26)36/h1-24H. The second-order valence-corrected chi connectivity index (χ2v) is 9.82. The summed E-state index contributed by atoms with van der Waals surface area (Å²) >= 11 is 0. The van der Waals surface area contributed by atoms with Crippen LogP contribution < -0.4 is 5.01 Å². The average molecular weight is 485 g/mol. The number of anilines is 2. The molecule has 0 radical (unpaired) electrons. The molecule has 38 heavy (non-hydrogen) atoms. The van der Waals surface area contributed by atoms with Gasteiger partial charge in [0.15, 0.2) is 0 Å². The lowest BCUT2D eigenvalue weighted by molar-refractivity contribution is 0.886. The van der Waals surface area contributed by atoms with Gasteiger partial charge in [-0.05, 0) is 68.7 Å². The summed E-state index contributed by atoms with van der Waals surface area (Å²) in [6.45, 7) is 0. The van der Waals surface area contributed by atoms with E-state index in [0.29, 0.717) is 0 Å². The van der Waals surface area contributed by atoms with E-state index >= 15 is 0 Å². The van der Waals surface area contributed by atoms with E-state index in [1.807, 2.05) is 0 Å². The molecule has 0 aliphatic rings. The van der Waals surface area contributed by atoms with Crippen LogP contribution in [-0.2, 0) is 0 Å². The molecular weight excluding hydrogens is 460 g/mol. The first kappa shape index (κ1) is 21.0. The lowest BCUT2D eigenvalue weighted by Crippen LogP contribution is -2.23. The molecule has 7 aromatic carbocycles. The molecule has 1 aromatic heterocycles. The fourth-order valence-electron chi connectivity index (χ4n) is 6.09. The first-order chi connectivity index (χ1) is 18.9. The number of fused-ring (bicyclic) bond motifs is 9. The average Bonchev–Trinajstić information content (AvgIpc) is 3.32. The Morgan fingerprint density at radius 2 is 0.921 bits per heavy atom. The molecule has 0 unspecified atom stereocenters. The maximum Gasteiger partial charge on any atom is 0.0723 e. The highest BCUT2D eigenvalue weighted by molar-refractivity contribution is 6.30. The lowest BCUT2D eigenvalue weighted by Gasteiger charge is -2.28. The van der Waals surface area contributed by atoms with E-state index in [-0.39, 0.29) is 0 Å². The molecule has 178 valence electrons. The van der Waals surface area contributed by atoms with Crippen LogP contribution in [0.15, 0.2) is 146 Å². The van der Waals surface area contributed by atoms with E-state index < -0.39 is 0 Å². The Morgan fingerprint density at radius 1 is 0.342 bits per heavy atom. The Kier molecular flexibility index (Phi) is 4.55. The zero-order valence-corrected chi connectivity index (χ0v) is 20.8. The van der Waals surface area contributed by atoms with Crippen molar-refractivity contribution in [2.75, 3.05) is 5.01 Å². The fourth-order valence-corrected chi connectivity index (χ4v) is 6.09. The van der Waals surface area contributed by atoms with Crippen LogP contribution in [0.4, 0.5) is 11.4 Å². The van der Waals surface area contributed by atoms with Gasteiger partial charge >= 0.3 is 0 Å². The molecule has 0 amide bonds. The molecule has 0 saturated carbocycles. The van der Waals surface area contributed by atoms with Crippen LogP contribution in [0.1, 0.15) is 0 Å². The molecule has 1 heterocycles. The SMILES string of the molecule is c1ccc(N(c2ccccc2)n2c3ccccc3c3c4c(ccc5c6ccccc6ccc54)ccc32)cc1. The maximum atomic E-state index is 2.38. The number of para-hydroxylation sites is 3. The maximum absolute atomic E-state index is 2.38. The predicted molar refractivity (Wildman–Crippen MR) is 162 cm³/mol. The van der Waals surface area contributed by atoms with Gasteiger partial charge in [0.1, 0.15) is 0 Å². The van der Waals surface area contributed by atoms with Crippen LogP contribution in [0.2, 0.25) is 0 Å². The first-order valence-corrected chi connectivity index (χ1v) is 13.1. The molecule has 0 fully saturated rings. The number of nitrogens with zero attached hydrogens (tertiary/aromatic N) is 2. The number of hydrogen-bond donors (Lipinski definition) is 0. The molecule has 0 N–H and O–H groups in total. The van der Waals surface area contributed by atoms with Crippen LogP contribution in [0.5, 0.6) is 0 Å². The van der Waals surface area contributed by atoms with Crippen molar-refractivity contribution >= 4 is 65.5 Å². The van der Waals surface area contributed by atoms with Crippen LogP contribution >= 0.6 is 0 Å². The lowest BCUT2D eigenvalue weighted by atomic mass is 9.94. The first-order valence-electron chi connectivity index (χ1n) is 13.1. The summed E-state index contributed by atoms with van der Waals surface area (Å²) in [7, 11) is 0. The highest BCUT2D eigenvalue weighted by Crippen LogP contribution is 2.42. The number of rotatable bonds is 3. The Morgan fingerprint density at radius 3 is 1.68 bits per heavy atom. The zero-order chi connectivity index (χ0) is 25.1. The minimum absolute atomic E-state index is 1.12. The summed E-state index contributed by atoms with van der Waals surface area (Å²) in [6, 6.07) is 52.4. The molecule has 0 bridgehead atoms. The van der Waals surface area contributed by atoms with E-state index in [9.17, 15) is 0 Å². The normalized spacial score (nSPS) is 11.7. The molecule has 2 heteroatoms. The van der Waals surface area contributed by atoms with Crippen molar-refractivity contribution in [2.24, 2.45) is 0 Å². The van der Waals surface area contributed by atoms with Gasteiger partial charge in [-0.3, -0.25) is 0 Å². The molecule has 8 rings (SSSR count). The van der Waals surface area contributed by atoms with E-state index in [2.05, 4.69) is 155 Å². The van der Waals surface area contributed by atoms with E-state index in [1.54, 1.807) is 0 Å². The highest BCUT2D eigenvalue weighted by atomic mass is 15.6. The number of aromatic nitrogens is 1. The van der Waals surface area contributed by atoms with Crippen molar-refractivity contribution in [2.45, 2.75) is 0 Å². The Labute approximate surface area is 220 Å². The largest absolute Gasteiger partial charge is 0.249 e. The Hall–Kier alpha value is -5.08. The summed E-state index contributed by atoms with van der Waals surface area (Å²) in [6.07, 6.45) is 0. The third-order valence-electron chi connectivity index (χ3n) is 7.72. The molecule has 0 aliphatic carbocycles. The van der Waals surface area contributed by atoms with Gasteiger partial charge in [-0.25, -0.2) is 9.69 Å². The van der Waals surface area contributed by atoms with Crippen LogP contribution in [0.3, 0.4) is 0 Å². The predicted octanol–water partition coefficient (Wildman–Crippen LogP) is 9.86. The van der Waals surface area contributed by atoms with Gasteiger partial charge < -0.3 is 0 Å². The van der Waals surface area contributed by atoms with Gasteiger partial charge in [-0.2, -0.15) is 0 Å². The highest BCUT2D eigenvalue weighted by Gasteiger charge is 2.21. The third kappa shape index (κ3) is 3.01. The summed E-state index contributed by atoms with van der Waals surface area (Å²) in [5.74, 6) is 0. The molecule has 0 aliphatic heterocycles. The Balaban J connectivity index is 1.57. The zero-order valence-electron chi connectivity index (χ0n) is 20.8. The van der Waals surface area contributed by atoms with Crippen molar-refractivity contribution in [3.05, 3.63) is 146 Å².